The van der Waals surface area contributed by atoms with Crippen molar-refractivity contribution in [3.05, 3.63) is 18.0 Å². The highest BCUT2D eigenvalue weighted by atomic mass is 15.2. The van der Waals surface area contributed by atoms with E-state index in [0.717, 1.165) is 12.8 Å². The smallest absolute Gasteiger partial charge is 0.0521 e. The molecule has 0 amide bonds. The van der Waals surface area contributed by atoms with E-state index in [1.54, 1.807) is 0 Å². The average Bonchev–Trinajstić information content (AvgIpc) is 2.54. The molecule has 96 valence electrons. The van der Waals surface area contributed by atoms with Crippen molar-refractivity contribution in [2.24, 2.45) is 29.5 Å². The monoisotopic (exact) mass is 235 g/mol. The van der Waals surface area contributed by atoms with E-state index in [1.807, 2.05) is 17.9 Å². The first-order valence-corrected chi connectivity index (χ1v) is 6.50. The van der Waals surface area contributed by atoms with E-state index in [4.69, 9.17) is 5.73 Å². The zero-order valence-electron chi connectivity index (χ0n) is 11.7. The number of aromatic nitrogens is 2. The fraction of sp³-hybridized carbons (Fsp3) is 0.786. The maximum atomic E-state index is 6.36. The predicted octanol–water partition coefficient (Wildman–Crippen LogP) is 2.36. The molecular formula is C14H25N3. The summed E-state index contributed by atoms with van der Waals surface area (Å²) in [4.78, 5) is 0. The molecule has 2 N–H and O–H groups in total. The topological polar surface area (TPSA) is 43.8 Å². The van der Waals surface area contributed by atoms with E-state index in [9.17, 15) is 0 Å². The van der Waals surface area contributed by atoms with Gasteiger partial charge in [0, 0.05) is 19.3 Å². The number of aryl methyl sites for hydroxylation is 2. The largest absolute Gasteiger partial charge is 0.327 e. The molecule has 1 aliphatic rings. The molecule has 1 heterocycles. The van der Waals surface area contributed by atoms with Gasteiger partial charge in [0.25, 0.3) is 0 Å². The van der Waals surface area contributed by atoms with Crippen LogP contribution in [0.2, 0.25) is 0 Å². The summed E-state index contributed by atoms with van der Waals surface area (Å²) in [5, 5.41) is 4.19. The van der Waals surface area contributed by atoms with Crippen LogP contribution in [-0.4, -0.2) is 15.8 Å². The van der Waals surface area contributed by atoms with E-state index in [0.29, 0.717) is 22.8 Å². The minimum absolute atomic E-state index is 0.306. The lowest BCUT2D eigenvalue weighted by Gasteiger charge is -2.13. The number of hydrogen-bond donors (Lipinski definition) is 1. The second-order valence-electron chi connectivity index (χ2n) is 6.65. The number of nitrogens with two attached hydrogens (primary N) is 1. The minimum Gasteiger partial charge on any atom is -0.327 e. The van der Waals surface area contributed by atoms with Crippen LogP contribution in [0.1, 0.15) is 39.7 Å². The van der Waals surface area contributed by atoms with E-state index in [2.05, 4.69) is 39.0 Å². The van der Waals surface area contributed by atoms with Crippen LogP contribution in [0.15, 0.2) is 12.4 Å². The van der Waals surface area contributed by atoms with Crippen molar-refractivity contribution >= 4 is 0 Å². The minimum atomic E-state index is 0.306. The van der Waals surface area contributed by atoms with E-state index < -0.39 is 0 Å². The van der Waals surface area contributed by atoms with Gasteiger partial charge in [0.1, 0.15) is 0 Å². The van der Waals surface area contributed by atoms with Crippen LogP contribution in [-0.2, 0) is 13.5 Å². The van der Waals surface area contributed by atoms with Crippen molar-refractivity contribution in [2.45, 2.75) is 46.6 Å². The van der Waals surface area contributed by atoms with Gasteiger partial charge < -0.3 is 5.73 Å². The maximum Gasteiger partial charge on any atom is 0.0521 e. The molecule has 1 unspecified atom stereocenters. The summed E-state index contributed by atoms with van der Waals surface area (Å²) in [7, 11) is 1.95. The Bertz CT molecular complexity index is 389. The zero-order valence-corrected chi connectivity index (χ0v) is 11.7. The first kappa shape index (κ1) is 12.6. The van der Waals surface area contributed by atoms with Gasteiger partial charge in [0.15, 0.2) is 0 Å². The third-order valence-corrected chi connectivity index (χ3v) is 5.09. The van der Waals surface area contributed by atoms with Gasteiger partial charge in [-0.1, -0.05) is 27.7 Å². The molecule has 2 rings (SSSR count). The van der Waals surface area contributed by atoms with Gasteiger partial charge in [-0.3, -0.25) is 4.68 Å². The molecule has 1 aromatic heterocycles. The fourth-order valence-corrected chi connectivity index (χ4v) is 3.42. The lowest BCUT2D eigenvalue weighted by molar-refractivity contribution is 0.457. The Kier molecular flexibility index (Phi) is 2.85. The van der Waals surface area contributed by atoms with Crippen LogP contribution >= 0.6 is 0 Å². The van der Waals surface area contributed by atoms with Crippen LogP contribution in [0.3, 0.4) is 0 Å². The Balaban J connectivity index is 1.89. The molecular weight excluding hydrogens is 210 g/mol. The average molecular weight is 235 g/mol. The SMILES string of the molecule is Cn1cc(CCC(N)C2C(C)(C)C2(C)C)cn1. The van der Waals surface area contributed by atoms with Crippen LogP contribution in [0, 0.1) is 16.7 Å². The number of nitrogens with zero attached hydrogens (tertiary/aromatic N) is 2. The van der Waals surface area contributed by atoms with Crippen LogP contribution in [0.25, 0.3) is 0 Å². The first-order chi connectivity index (χ1) is 7.76. The van der Waals surface area contributed by atoms with Crippen molar-refractivity contribution in [2.75, 3.05) is 0 Å². The highest BCUT2D eigenvalue weighted by Crippen LogP contribution is 2.69. The lowest BCUT2D eigenvalue weighted by Crippen LogP contribution is -2.26. The Morgan fingerprint density at radius 2 is 1.94 bits per heavy atom. The van der Waals surface area contributed by atoms with Crippen molar-refractivity contribution in [3.8, 4) is 0 Å². The standard InChI is InChI=1S/C14H25N3/c1-13(2)12(14(13,3)4)11(15)7-6-10-8-16-17(5)9-10/h8-9,11-12H,6-7,15H2,1-5H3. The lowest BCUT2D eigenvalue weighted by atomic mass is 9.99. The molecule has 17 heavy (non-hydrogen) atoms. The summed E-state index contributed by atoms with van der Waals surface area (Å²) in [5.74, 6) is 0.645. The van der Waals surface area contributed by atoms with Gasteiger partial charge >= 0.3 is 0 Å². The van der Waals surface area contributed by atoms with Crippen LogP contribution in [0.4, 0.5) is 0 Å². The van der Waals surface area contributed by atoms with Crippen molar-refractivity contribution in [3.63, 3.8) is 0 Å². The van der Waals surface area contributed by atoms with Gasteiger partial charge in [0.2, 0.25) is 0 Å². The fourth-order valence-electron chi connectivity index (χ4n) is 3.42. The normalized spacial score (nSPS) is 23.6. The molecule has 1 atom stereocenters. The molecule has 0 spiro atoms. The number of rotatable bonds is 4. The molecule has 0 bridgehead atoms. The first-order valence-electron chi connectivity index (χ1n) is 6.50. The Labute approximate surface area is 104 Å². The van der Waals surface area contributed by atoms with Crippen molar-refractivity contribution in [1.29, 1.82) is 0 Å². The molecule has 0 saturated heterocycles. The van der Waals surface area contributed by atoms with Crippen LogP contribution < -0.4 is 5.73 Å². The zero-order chi connectivity index (χ0) is 12.8. The summed E-state index contributed by atoms with van der Waals surface area (Å²) in [6, 6.07) is 0.306. The molecule has 1 fully saturated rings. The summed E-state index contributed by atoms with van der Waals surface area (Å²) >= 11 is 0. The molecule has 0 radical (unpaired) electrons. The third-order valence-electron chi connectivity index (χ3n) is 5.09. The van der Waals surface area contributed by atoms with Crippen molar-refractivity contribution in [1.82, 2.24) is 9.78 Å². The Morgan fingerprint density at radius 3 is 2.35 bits per heavy atom. The maximum absolute atomic E-state index is 6.36. The van der Waals surface area contributed by atoms with Crippen molar-refractivity contribution < 1.29 is 0 Å². The molecule has 1 saturated carbocycles. The number of hydrogen-bond acceptors (Lipinski definition) is 2. The van der Waals surface area contributed by atoms with E-state index in [-0.39, 0.29) is 0 Å². The molecule has 1 aliphatic carbocycles. The molecule has 0 aromatic carbocycles. The van der Waals surface area contributed by atoms with Gasteiger partial charge in [0.05, 0.1) is 6.20 Å². The van der Waals surface area contributed by atoms with Crippen LogP contribution in [0.5, 0.6) is 0 Å². The summed E-state index contributed by atoms with van der Waals surface area (Å²) in [6.07, 6.45) is 6.12. The predicted molar refractivity (Wildman–Crippen MR) is 70.6 cm³/mol. The highest BCUT2D eigenvalue weighted by Gasteiger charge is 2.66. The molecule has 0 aliphatic heterocycles. The summed E-state index contributed by atoms with van der Waals surface area (Å²) in [5.41, 5.74) is 8.43. The molecule has 1 aromatic rings. The Hall–Kier alpha value is -0.830. The summed E-state index contributed by atoms with van der Waals surface area (Å²) < 4.78 is 1.85. The second kappa shape index (κ2) is 3.84. The molecule has 3 heteroatoms. The van der Waals surface area contributed by atoms with Gasteiger partial charge in [-0.25, -0.2) is 0 Å². The van der Waals surface area contributed by atoms with Gasteiger partial charge in [-0.15, -0.1) is 0 Å². The molecule has 3 nitrogen and oxygen atoms in total. The quantitative estimate of drug-likeness (QED) is 0.870. The van der Waals surface area contributed by atoms with E-state index >= 15 is 0 Å². The Morgan fingerprint density at radius 1 is 1.35 bits per heavy atom. The second-order valence-corrected chi connectivity index (χ2v) is 6.65. The summed E-state index contributed by atoms with van der Waals surface area (Å²) in [6.45, 7) is 9.34. The van der Waals surface area contributed by atoms with E-state index in [1.165, 1.54) is 5.56 Å². The highest BCUT2D eigenvalue weighted by molar-refractivity contribution is 5.16. The van der Waals surface area contributed by atoms with Gasteiger partial charge in [-0.2, -0.15) is 5.10 Å². The third kappa shape index (κ3) is 2.01. The van der Waals surface area contributed by atoms with Gasteiger partial charge in [-0.05, 0) is 35.2 Å².